The van der Waals surface area contributed by atoms with Gasteiger partial charge in [-0.05, 0) is 63.2 Å². The Morgan fingerprint density at radius 1 is 1.04 bits per heavy atom. The molecule has 6 heteroatoms. The van der Waals surface area contributed by atoms with Gasteiger partial charge >= 0.3 is 7.12 Å². The van der Waals surface area contributed by atoms with E-state index in [9.17, 15) is 8.42 Å². The number of hydrogen-bond donors (Lipinski definition) is 0. The van der Waals surface area contributed by atoms with Crippen molar-refractivity contribution < 1.29 is 17.7 Å². The van der Waals surface area contributed by atoms with Crippen LogP contribution in [0.25, 0.3) is 0 Å². The molecule has 0 amide bonds. The van der Waals surface area contributed by atoms with Crippen molar-refractivity contribution in [2.75, 3.05) is 6.26 Å². The van der Waals surface area contributed by atoms with Crippen molar-refractivity contribution in [3.63, 3.8) is 0 Å². The highest BCUT2D eigenvalue weighted by molar-refractivity contribution is 7.90. The fraction of sp³-hybridized carbons (Fsp3) is 0.700. The van der Waals surface area contributed by atoms with E-state index < -0.39 is 28.2 Å². The smallest absolute Gasteiger partial charge is 0.399 e. The van der Waals surface area contributed by atoms with Gasteiger partial charge in [-0.2, -0.15) is 0 Å². The molecular weight excluding hydrogens is 347 g/mol. The summed E-state index contributed by atoms with van der Waals surface area (Å²) in [6.07, 6.45) is 8.61. The Labute approximate surface area is 158 Å². The zero-order valence-corrected chi connectivity index (χ0v) is 17.5. The molecule has 1 aliphatic carbocycles. The molecule has 1 saturated carbocycles. The van der Waals surface area contributed by atoms with E-state index in [0.29, 0.717) is 10.8 Å². The van der Waals surface area contributed by atoms with Crippen molar-refractivity contribution in [1.29, 1.82) is 0 Å². The number of sulfone groups is 1. The van der Waals surface area contributed by atoms with Gasteiger partial charge in [-0.3, -0.25) is 0 Å². The van der Waals surface area contributed by atoms with E-state index in [1.807, 2.05) is 33.8 Å². The molecule has 1 heterocycles. The van der Waals surface area contributed by atoms with Crippen molar-refractivity contribution in [3.8, 4) is 0 Å². The van der Waals surface area contributed by atoms with Crippen molar-refractivity contribution in [2.24, 2.45) is 5.92 Å². The van der Waals surface area contributed by atoms with Crippen LogP contribution in [0.1, 0.15) is 65.4 Å². The van der Waals surface area contributed by atoms with Crippen LogP contribution >= 0.6 is 0 Å². The van der Waals surface area contributed by atoms with Crippen molar-refractivity contribution in [1.82, 2.24) is 0 Å². The second kappa shape index (κ2) is 6.95. The van der Waals surface area contributed by atoms with Gasteiger partial charge in [-0.25, -0.2) is 8.42 Å². The summed E-state index contributed by atoms with van der Waals surface area (Å²) in [7, 11) is -3.80. The molecule has 2 aliphatic rings. The maximum Gasteiger partial charge on any atom is 0.495 e. The highest BCUT2D eigenvalue weighted by Gasteiger charge is 2.52. The molecule has 1 aromatic carbocycles. The Bertz CT molecular complexity index is 748. The first-order valence-corrected chi connectivity index (χ1v) is 11.6. The minimum absolute atomic E-state index is 0.328. The third-order valence-electron chi connectivity index (χ3n) is 6.29. The fourth-order valence-electron chi connectivity index (χ4n) is 3.88. The Balaban J connectivity index is 1.97. The third kappa shape index (κ3) is 4.02. The predicted molar refractivity (Wildman–Crippen MR) is 106 cm³/mol. The molecule has 0 radical (unpaired) electrons. The molecule has 0 spiro atoms. The van der Waals surface area contributed by atoms with Crippen LogP contribution < -0.4 is 5.46 Å². The van der Waals surface area contributed by atoms with Crippen LogP contribution in [-0.4, -0.2) is 33.0 Å². The van der Waals surface area contributed by atoms with Gasteiger partial charge in [0.05, 0.1) is 16.1 Å². The second-order valence-electron chi connectivity index (χ2n) is 8.93. The molecule has 0 aromatic heterocycles. The van der Waals surface area contributed by atoms with Crippen LogP contribution in [0, 0.1) is 5.92 Å². The lowest BCUT2D eigenvalue weighted by atomic mass is 9.73. The molecule has 0 unspecified atom stereocenters. The molecule has 0 N–H and O–H groups in total. The van der Waals surface area contributed by atoms with Gasteiger partial charge in [0.15, 0.2) is 9.84 Å². The molecule has 1 saturated heterocycles. The highest BCUT2D eigenvalue weighted by Crippen LogP contribution is 2.37. The van der Waals surface area contributed by atoms with E-state index in [0.717, 1.165) is 17.4 Å². The minimum atomic E-state index is -3.27. The lowest BCUT2D eigenvalue weighted by Gasteiger charge is -2.32. The minimum Gasteiger partial charge on any atom is -0.399 e. The highest BCUT2D eigenvalue weighted by atomic mass is 32.2. The van der Waals surface area contributed by atoms with Gasteiger partial charge < -0.3 is 9.31 Å². The molecule has 1 aromatic rings. The lowest BCUT2D eigenvalue weighted by Crippen LogP contribution is -2.41. The van der Waals surface area contributed by atoms with Crippen LogP contribution in [-0.2, 0) is 25.6 Å². The SMILES string of the molecule is CC1(C)OB(c2cc(S(C)(=O)=O)ccc2CC2CCCCC2)OC1(C)C. The molecule has 3 rings (SSSR count). The number of rotatable bonds is 4. The summed E-state index contributed by atoms with van der Waals surface area (Å²) in [6, 6.07) is 5.45. The first kappa shape index (κ1) is 19.9. The van der Waals surface area contributed by atoms with E-state index in [4.69, 9.17) is 9.31 Å². The number of benzene rings is 1. The topological polar surface area (TPSA) is 52.6 Å². The molecular formula is C20H31BO4S. The molecule has 26 heavy (non-hydrogen) atoms. The van der Waals surface area contributed by atoms with E-state index >= 15 is 0 Å². The Hall–Kier alpha value is -0.845. The van der Waals surface area contributed by atoms with Crippen molar-refractivity contribution in [2.45, 2.75) is 82.3 Å². The molecule has 1 aliphatic heterocycles. The summed E-state index contributed by atoms with van der Waals surface area (Å²) < 4.78 is 36.6. The molecule has 2 fully saturated rings. The van der Waals surface area contributed by atoms with E-state index in [1.165, 1.54) is 38.4 Å². The van der Waals surface area contributed by atoms with E-state index in [2.05, 4.69) is 0 Å². The van der Waals surface area contributed by atoms with Crippen LogP contribution in [0.3, 0.4) is 0 Å². The quantitative estimate of drug-likeness (QED) is 0.753. The fourth-order valence-corrected chi connectivity index (χ4v) is 4.54. The van der Waals surface area contributed by atoms with E-state index in [-0.39, 0.29) is 0 Å². The average Bonchev–Trinajstić information content (AvgIpc) is 2.75. The Kier molecular flexibility index (Phi) is 5.32. The molecule has 0 bridgehead atoms. The van der Waals surface area contributed by atoms with Gasteiger partial charge in [-0.15, -0.1) is 0 Å². The van der Waals surface area contributed by atoms with Crippen molar-refractivity contribution in [3.05, 3.63) is 23.8 Å². The van der Waals surface area contributed by atoms with Gasteiger partial charge in [0.25, 0.3) is 0 Å². The first-order valence-electron chi connectivity index (χ1n) is 9.68. The predicted octanol–water partition coefficient (Wildman–Crippen LogP) is 3.51. The lowest BCUT2D eigenvalue weighted by molar-refractivity contribution is 0.00578. The van der Waals surface area contributed by atoms with Crippen LogP contribution in [0.4, 0.5) is 0 Å². The van der Waals surface area contributed by atoms with Gasteiger partial charge in [-0.1, -0.05) is 38.2 Å². The van der Waals surface area contributed by atoms with Crippen LogP contribution in [0.5, 0.6) is 0 Å². The Morgan fingerprint density at radius 2 is 1.62 bits per heavy atom. The van der Waals surface area contributed by atoms with Gasteiger partial charge in [0.1, 0.15) is 0 Å². The molecule has 4 nitrogen and oxygen atoms in total. The second-order valence-corrected chi connectivity index (χ2v) is 10.9. The van der Waals surface area contributed by atoms with Gasteiger partial charge in [0.2, 0.25) is 0 Å². The van der Waals surface area contributed by atoms with Crippen molar-refractivity contribution >= 4 is 22.4 Å². The zero-order chi connectivity index (χ0) is 19.2. The van der Waals surface area contributed by atoms with E-state index in [1.54, 1.807) is 12.1 Å². The van der Waals surface area contributed by atoms with Crippen LogP contribution in [0.2, 0.25) is 0 Å². The normalized spacial score (nSPS) is 23.3. The zero-order valence-electron chi connectivity index (χ0n) is 16.7. The Morgan fingerprint density at radius 3 is 2.15 bits per heavy atom. The number of hydrogen-bond acceptors (Lipinski definition) is 4. The summed E-state index contributed by atoms with van der Waals surface area (Å²) in [4.78, 5) is 0.328. The average molecular weight is 378 g/mol. The maximum absolute atomic E-state index is 12.1. The standard InChI is InChI=1S/C20H31BO4S/c1-19(2)20(3,4)25-21(24-19)18-14-17(26(5,22)23)12-11-16(18)13-15-9-7-6-8-10-15/h11-12,14-15H,6-10,13H2,1-5H3. The first-order chi connectivity index (χ1) is 12.0. The molecule has 0 atom stereocenters. The third-order valence-corrected chi connectivity index (χ3v) is 7.40. The van der Waals surface area contributed by atoms with Crippen LogP contribution in [0.15, 0.2) is 23.1 Å². The summed E-state index contributed by atoms with van der Waals surface area (Å²) >= 11 is 0. The summed E-state index contributed by atoms with van der Waals surface area (Å²) in [5, 5.41) is 0. The maximum atomic E-state index is 12.1. The summed E-state index contributed by atoms with van der Waals surface area (Å²) in [5.41, 5.74) is 1.14. The summed E-state index contributed by atoms with van der Waals surface area (Å²) in [6.45, 7) is 8.09. The largest absolute Gasteiger partial charge is 0.495 e. The monoisotopic (exact) mass is 378 g/mol. The molecule has 144 valence electrons. The summed E-state index contributed by atoms with van der Waals surface area (Å²) in [5.74, 6) is 0.661. The van der Waals surface area contributed by atoms with Gasteiger partial charge in [0, 0.05) is 6.26 Å².